The van der Waals surface area contributed by atoms with Crippen LogP contribution in [0.3, 0.4) is 0 Å². The highest BCUT2D eigenvalue weighted by molar-refractivity contribution is 7.12. The quantitative estimate of drug-likeness (QED) is 0.461. The first-order chi connectivity index (χ1) is 14.7. The summed E-state index contributed by atoms with van der Waals surface area (Å²) in [4.78, 5) is 33.7. The lowest BCUT2D eigenvalue weighted by Gasteiger charge is -2.02. The molecule has 0 bridgehead atoms. The van der Waals surface area contributed by atoms with E-state index in [1.54, 1.807) is 22.0 Å². The molecule has 4 aromatic heterocycles. The van der Waals surface area contributed by atoms with Crippen LogP contribution in [0.2, 0.25) is 0 Å². The molecule has 2 amide bonds. The number of hydrogen-bond donors (Lipinski definition) is 2. The average Bonchev–Trinajstić information content (AvgIpc) is 3.13. The van der Waals surface area contributed by atoms with Gasteiger partial charge in [-0.05, 0) is 31.0 Å². The molecule has 0 aromatic carbocycles. The standard InChI is InChI=1S/C20H18N6O2S2/c27-18(12-4-5-12)24-20-23-16-3-1-2-14(26(16)25-20)13-10-15(30-11-13)19(28)22-7-6-17-21-8-9-29-17/h1-3,8-12H,4-7H2,(H,22,28)(H,24,25,27). The molecule has 0 spiro atoms. The Labute approximate surface area is 180 Å². The van der Waals surface area contributed by atoms with Crippen molar-refractivity contribution in [2.75, 3.05) is 11.9 Å². The van der Waals surface area contributed by atoms with Gasteiger partial charge in [0.15, 0.2) is 5.65 Å². The first kappa shape index (κ1) is 18.9. The Balaban J connectivity index is 1.31. The summed E-state index contributed by atoms with van der Waals surface area (Å²) in [6, 6.07) is 7.49. The van der Waals surface area contributed by atoms with Crippen LogP contribution in [-0.2, 0) is 11.2 Å². The summed E-state index contributed by atoms with van der Waals surface area (Å²) in [6.45, 7) is 0.544. The number of pyridine rings is 1. The number of thiophene rings is 1. The predicted octanol–water partition coefficient (Wildman–Crippen LogP) is 3.24. The van der Waals surface area contributed by atoms with E-state index >= 15 is 0 Å². The molecular formula is C20H18N6O2S2. The zero-order chi connectivity index (χ0) is 20.5. The molecule has 0 saturated heterocycles. The first-order valence-electron chi connectivity index (χ1n) is 9.59. The van der Waals surface area contributed by atoms with E-state index in [1.807, 2.05) is 35.0 Å². The summed E-state index contributed by atoms with van der Waals surface area (Å²) < 4.78 is 1.69. The second-order valence-electron chi connectivity index (χ2n) is 7.01. The minimum atomic E-state index is -0.106. The van der Waals surface area contributed by atoms with Crippen molar-refractivity contribution in [1.29, 1.82) is 0 Å². The molecule has 152 valence electrons. The fraction of sp³-hybridized carbons (Fsp3) is 0.250. The highest BCUT2D eigenvalue weighted by Gasteiger charge is 2.30. The van der Waals surface area contributed by atoms with Crippen molar-refractivity contribution in [2.24, 2.45) is 5.92 Å². The topological polar surface area (TPSA) is 101 Å². The van der Waals surface area contributed by atoms with Crippen LogP contribution in [0, 0.1) is 5.92 Å². The summed E-state index contributed by atoms with van der Waals surface area (Å²) in [5, 5.41) is 15.0. The highest BCUT2D eigenvalue weighted by atomic mass is 32.1. The van der Waals surface area contributed by atoms with Crippen molar-refractivity contribution in [3.63, 3.8) is 0 Å². The third kappa shape index (κ3) is 3.96. The maximum Gasteiger partial charge on any atom is 0.261 e. The minimum absolute atomic E-state index is 0.0281. The zero-order valence-corrected chi connectivity index (χ0v) is 17.5. The van der Waals surface area contributed by atoms with Crippen LogP contribution < -0.4 is 10.6 Å². The zero-order valence-electron chi connectivity index (χ0n) is 15.9. The summed E-state index contributed by atoms with van der Waals surface area (Å²) in [5.41, 5.74) is 2.32. The van der Waals surface area contributed by atoms with E-state index < -0.39 is 0 Å². The number of nitrogens with zero attached hydrogens (tertiary/aromatic N) is 4. The van der Waals surface area contributed by atoms with Gasteiger partial charge >= 0.3 is 0 Å². The van der Waals surface area contributed by atoms with E-state index in [1.165, 1.54) is 11.3 Å². The maximum absolute atomic E-state index is 12.5. The molecule has 0 radical (unpaired) electrons. The number of nitrogens with one attached hydrogen (secondary N) is 2. The van der Waals surface area contributed by atoms with Gasteiger partial charge in [0, 0.05) is 41.4 Å². The van der Waals surface area contributed by atoms with Gasteiger partial charge in [-0.1, -0.05) is 6.07 Å². The number of carbonyl (C=O) groups is 2. The number of amides is 2. The first-order valence-corrected chi connectivity index (χ1v) is 11.4. The normalized spacial score (nSPS) is 13.5. The monoisotopic (exact) mass is 438 g/mol. The van der Waals surface area contributed by atoms with Crippen LogP contribution in [0.5, 0.6) is 0 Å². The molecule has 0 unspecified atom stereocenters. The molecule has 4 aromatic rings. The lowest BCUT2D eigenvalue weighted by Crippen LogP contribution is -2.24. The molecule has 0 atom stereocenters. The SMILES string of the molecule is O=C(NCCc1nccs1)c1cc(-c2cccc3nc(NC(=O)C4CC4)nn23)cs1. The third-order valence-corrected chi connectivity index (χ3v) is 6.54. The molecule has 1 aliphatic carbocycles. The minimum Gasteiger partial charge on any atom is -0.351 e. The second kappa shape index (κ2) is 7.96. The van der Waals surface area contributed by atoms with Crippen LogP contribution in [0.25, 0.3) is 16.9 Å². The number of hydrogen-bond acceptors (Lipinski definition) is 7. The Morgan fingerprint density at radius 2 is 2.13 bits per heavy atom. The van der Waals surface area contributed by atoms with Crippen molar-refractivity contribution in [1.82, 2.24) is 24.9 Å². The molecule has 5 rings (SSSR count). The van der Waals surface area contributed by atoms with E-state index in [4.69, 9.17) is 0 Å². The molecular weight excluding hydrogens is 420 g/mol. The van der Waals surface area contributed by atoms with Gasteiger partial charge in [0.05, 0.1) is 15.6 Å². The molecule has 2 N–H and O–H groups in total. The van der Waals surface area contributed by atoms with Gasteiger partial charge in [0.25, 0.3) is 5.91 Å². The second-order valence-corrected chi connectivity index (χ2v) is 8.90. The van der Waals surface area contributed by atoms with Gasteiger partial charge in [-0.3, -0.25) is 14.9 Å². The van der Waals surface area contributed by atoms with E-state index in [9.17, 15) is 9.59 Å². The number of aromatic nitrogens is 4. The fourth-order valence-electron chi connectivity index (χ4n) is 3.07. The number of carbonyl (C=O) groups excluding carboxylic acids is 2. The van der Waals surface area contributed by atoms with Gasteiger partial charge in [0.2, 0.25) is 11.9 Å². The highest BCUT2D eigenvalue weighted by Crippen LogP contribution is 2.30. The molecule has 0 aliphatic heterocycles. The summed E-state index contributed by atoms with van der Waals surface area (Å²) in [6.07, 6.45) is 4.33. The Kier molecular flexibility index (Phi) is 5.01. The van der Waals surface area contributed by atoms with Crippen molar-refractivity contribution in [3.05, 3.63) is 51.1 Å². The summed E-state index contributed by atoms with van der Waals surface area (Å²) >= 11 is 2.96. The van der Waals surface area contributed by atoms with Gasteiger partial charge < -0.3 is 5.32 Å². The predicted molar refractivity (Wildman–Crippen MR) is 116 cm³/mol. The van der Waals surface area contributed by atoms with Crippen molar-refractivity contribution < 1.29 is 9.59 Å². The smallest absolute Gasteiger partial charge is 0.261 e. The Hall–Kier alpha value is -3.11. The van der Waals surface area contributed by atoms with Gasteiger partial charge in [-0.25, -0.2) is 9.50 Å². The van der Waals surface area contributed by atoms with Gasteiger partial charge in [-0.2, -0.15) is 4.98 Å². The van der Waals surface area contributed by atoms with E-state index in [-0.39, 0.29) is 17.7 Å². The van der Waals surface area contributed by atoms with Crippen LogP contribution >= 0.6 is 22.7 Å². The molecule has 1 aliphatic rings. The van der Waals surface area contributed by atoms with Crippen LogP contribution in [0.4, 0.5) is 5.95 Å². The van der Waals surface area contributed by atoms with Crippen molar-refractivity contribution in [3.8, 4) is 11.3 Å². The van der Waals surface area contributed by atoms with Crippen LogP contribution in [0.1, 0.15) is 27.5 Å². The Bertz CT molecular complexity index is 1210. The van der Waals surface area contributed by atoms with Crippen molar-refractivity contribution >= 4 is 46.1 Å². The van der Waals surface area contributed by atoms with E-state index in [0.29, 0.717) is 23.0 Å². The summed E-state index contributed by atoms with van der Waals surface area (Å²) in [5.74, 6) is 0.255. The van der Waals surface area contributed by atoms with E-state index in [0.717, 1.165) is 35.5 Å². The van der Waals surface area contributed by atoms with Crippen molar-refractivity contribution in [2.45, 2.75) is 19.3 Å². The van der Waals surface area contributed by atoms with Gasteiger partial charge in [0.1, 0.15) is 0 Å². The number of rotatable bonds is 7. The molecule has 1 saturated carbocycles. The van der Waals surface area contributed by atoms with Crippen LogP contribution in [0.15, 0.2) is 41.2 Å². The molecule has 8 nitrogen and oxygen atoms in total. The van der Waals surface area contributed by atoms with E-state index in [2.05, 4.69) is 25.7 Å². The summed E-state index contributed by atoms with van der Waals surface area (Å²) in [7, 11) is 0. The molecule has 30 heavy (non-hydrogen) atoms. The van der Waals surface area contributed by atoms with Gasteiger partial charge in [-0.15, -0.1) is 27.8 Å². The molecule has 1 fully saturated rings. The number of fused-ring (bicyclic) bond motifs is 1. The Morgan fingerprint density at radius 3 is 2.93 bits per heavy atom. The maximum atomic E-state index is 12.5. The number of thiazole rings is 1. The Morgan fingerprint density at radius 1 is 1.23 bits per heavy atom. The number of anilines is 1. The average molecular weight is 439 g/mol. The lowest BCUT2D eigenvalue weighted by atomic mass is 10.2. The van der Waals surface area contributed by atoms with Crippen LogP contribution in [-0.4, -0.2) is 37.9 Å². The molecule has 10 heteroatoms. The largest absolute Gasteiger partial charge is 0.351 e. The molecule has 4 heterocycles. The fourth-order valence-corrected chi connectivity index (χ4v) is 4.51. The lowest BCUT2D eigenvalue weighted by molar-refractivity contribution is -0.117. The third-order valence-electron chi connectivity index (χ3n) is 4.77.